The molecule has 1 aliphatic heterocycles. The number of ether oxygens (including phenoxy) is 3. The predicted octanol–water partition coefficient (Wildman–Crippen LogP) is 1.54. The number of hydrogen-bond acceptors (Lipinski definition) is 7. The highest BCUT2D eigenvalue weighted by Gasteiger charge is 2.43. The second-order valence-electron chi connectivity index (χ2n) is 7.55. The van der Waals surface area contributed by atoms with Crippen LogP contribution in [0.15, 0.2) is 48.5 Å². The number of aryl methyl sites for hydroxylation is 1. The van der Waals surface area contributed by atoms with Crippen molar-refractivity contribution in [1.29, 1.82) is 0 Å². The van der Waals surface area contributed by atoms with E-state index in [1.807, 2.05) is 24.3 Å². The molecule has 1 aliphatic rings. The summed E-state index contributed by atoms with van der Waals surface area (Å²) in [7, 11) is 0. The molecule has 170 valence electrons. The van der Waals surface area contributed by atoms with Crippen molar-refractivity contribution in [3.63, 3.8) is 0 Å². The van der Waals surface area contributed by atoms with E-state index < -0.39 is 37.3 Å². The molecule has 0 spiro atoms. The number of aliphatic hydroxyl groups excluding tert-OH is 4. The van der Waals surface area contributed by atoms with E-state index >= 15 is 0 Å². The van der Waals surface area contributed by atoms with Crippen molar-refractivity contribution in [2.24, 2.45) is 0 Å². The average Bonchev–Trinajstić information content (AvgIpc) is 2.79. The Labute approximate surface area is 180 Å². The lowest BCUT2D eigenvalue weighted by molar-refractivity contribution is -0.301. The molecule has 3 rings (SSSR count). The summed E-state index contributed by atoms with van der Waals surface area (Å²) >= 11 is 0. The molecule has 31 heavy (non-hydrogen) atoms. The van der Waals surface area contributed by atoms with Gasteiger partial charge in [0.1, 0.15) is 42.6 Å². The number of hydrogen-bond donors (Lipinski definition) is 4. The average molecular weight is 436 g/mol. The molecule has 0 aromatic heterocycles. The fourth-order valence-corrected chi connectivity index (χ4v) is 3.36. The lowest BCUT2D eigenvalue weighted by Crippen LogP contribution is -2.59. The minimum Gasteiger partial charge on any atom is -0.489 e. The molecule has 0 aliphatic carbocycles. The lowest BCUT2D eigenvalue weighted by Gasteiger charge is -2.39. The number of unbranched alkanes of at least 4 members (excludes halogenated alkanes) is 1. The normalized spacial score (nSPS) is 26.0. The van der Waals surface area contributed by atoms with Crippen LogP contribution in [-0.4, -0.2) is 64.3 Å². The van der Waals surface area contributed by atoms with Gasteiger partial charge in [0.15, 0.2) is 6.29 Å². The van der Waals surface area contributed by atoms with E-state index in [9.17, 15) is 24.8 Å². The minimum atomic E-state index is -1.44. The largest absolute Gasteiger partial charge is 0.489 e. The molecule has 2 aromatic carbocycles. The smallest absolute Gasteiger partial charge is 0.186 e. The lowest BCUT2D eigenvalue weighted by atomic mass is 9.99. The fraction of sp³-hybridized carbons (Fsp3) is 0.478. The van der Waals surface area contributed by atoms with E-state index in [0.29, 0.717) is 24.3 Å². The molecule has 5 atom stereocenters. The third-order valence-electron chi connectivity index (χ3n) is 5.27. The van der Waals surface area contributed by atoms with Crippen molar-refractivity contribution in [2.45, 2.75) is 56.6 Å². The van der Waals surface area contributed by atoms with Crippen LogP contribution in [0.1, 0.15) is 24.0 Å². The van der Waals surface area contributed by atoms with Gasteiger partial charge in [0.2, 0.25) is 0 Å². The predicted molar refractivity (Wildman–Crippen MR) is 110 cm³/mol. The van der Waals surface area contributed by atoms with Gasteiger partial charge in [-0.15, -0.1) is 0 Å². The third kappa shape index (κ3) is 6.46. The van der Waals surface area contributed by atoms with Crippen molar-refractivity contribution in [3.8, 4) is 5.75 Å². The standard InChI is InChI=1S/C23H29FO7/c24-18-7-2-1-6-16(18)14-30-17-10-8-15(9-11-17)5-3-4-12-29-23-22(28)21(27)20(26)19(13-25)31-23/h1-2,6-11,19-23,25-28H,3-5,12-14H2. The van der Waals surface area contributed by atoms with Gasteiger partial charge in [-0.1, -0.05) is 30.3 Å². The zero-order valence-electron chi connectivity index (χ0n) is 17.1. The molecule has 2 aromatic rings. The first-order valence-electron chi connectivity index (χ1n) is 10.4. The maximum Gasteiger partial charge on any atom is 0.186 e. The van der Waals surface area contributed by atoms with Crippen LogP contribution < -0.4 is 4.74 Å². The molecule has 1 saturated heterocycles. The molecule has 0 radical (unpaired) electrons. The maximum atomic E-state index is 13.6. The summed E-state index contributed by atoms with van der Waals surface area (Å²) < 4.78 is 30.0. The van der Waals surface area contributed by atoms with Gasteiger partial charge in [0.25, 0.3) is 0 Å². The quantitative estimate of drug-likeness (QED) is 0.419. The Balaban J connectivity index is 1.36. The summed E-state index contributed by atoms with van der Waals surface area (Å²) in [4.78, 5) is 0. The van der Waals surface area contributed by atoms with Gasteiger partial charge in [0.05, 0.1) is 6.61 Å². The fourth-order valence-electron chi connectivity index (χ4n) is 3.36. The van der Waals surface area contributed by atoms with E-state index in [0.717, 1.165) is 18.4 Å². The van der Waals surface area contributed by atoms with Crippen molar-refractivity contribution in [2.75, 3.05) is 13.2 Å². The molecule has 0 amide bonds. The first-order valence-corrected chi connectivity index (χ1v) is 10.4. The SMILES string of the molecule is OCC1OC(OCCCCc2ccc(OCc3ccccc3F)cc2)C(O)C(O)C1O. The molecule has 0 bridgehead atoms. The first-order chi connectivity index (χ1) is 15.0. The molecular weight excluding hydrogens is 407 g/mol. The summed E-state index contributed by atoms with van der Waals surface area (Å²) in [6, 6.07) is 14.1. The molecule has 5 unspecified atom stereocenters. The zero-order valence-corrected chi connectivity index (χ0v) is 17.1. The van der Waals surface area contributed by atoms with Crippen molar-refractivity contribution < 1.29 is 39.0 Å². The number of rotatable bonds is 10. The number of benzene rings is 2. The van der Waals surface area contributed by atoms with E-state index in [-0.39, 0.29) is 12.4 Å². The van der Waals surface area contributed by atoms with Crippen LogP contribution >= 0.6 is 0 Å². The van der Waals surface area contributed by atoms with Crippen LogP contribution in [0.3, 0.4) is 0 Å². The first kappa shape index (κ1) is 23.6. The molecule has 4 N–H and O–H groups in total. The second kappa shape index (κ2) is 11.5. The summed E-state index contributed by atoms with van der Waals surface area (Å²) in [5.74, 6) is 0.378. The summed E-state index contributed by atoms with van der Waals surface area (Å²) in [6.07, 6.45) is -3.94. The molecule has 0 saturated carbocycles. The van der Waals surface area contributed by atoms with Gasteiger partial charge in [-0.2, -0.15) is 0 Å². The van der Waals surface area contributed by atoms with E-state index in [4.69, 9.17) is 14.2 Å². The monoisotopic (exact) mass is 436 g/mol. The van der Waals surface area contributed by atoms with Crippen LogP contribution in [-0.2, 0) is 22.5 Å². The Morgan fingerprint density at radius 3 is 2.35 bits per heavy atom. The number of halogens is 1. The van der Waals surface area contributed by atoms with Gasteiger partial charge in [-0.05, 0) is 43.0 Å². The highest BCUT2D eigenvalue weighted by Crippen LogP contribution is 2.22. The molecule has 8 heteroatoms. The van der Waals surface area contributed by atoms with Crippen molar-refractivity contribution in [3.05, 3.63) is 65.5 Å². The Morgan fingerprint density at radius 2 is 1.65 bits per heavy atom. The molecule has 1 fully saturated rings. The van der Waals surface area contributed by atoms with E-state index in [1.54, 1.807) is 18.2 Å². The Hall–Kier alpha value is -2.07. The van der Waals surface area contributed by atoms with Crippen LogP contribution in [0.5, 0.6) is 5.75 Å². The second-order valence-corrected chi connectivity index (χ2v) is 7.55. The zero-order chi connectivity index (χ0) is 22.2. The number of aliphatic hydroxyl groups is 4. The molecule has 1 heterocycles. The summed E-state index contributed by atoms with van der Waals surface area (Å²) in [5, 5.41) is 38.6. The van der Waals surface area contributed by atoms with E-state index in [2.05, 4.69) is 0 Å². The highest BCUT2D eigenvalue weighted by atomic mass is 19.1. The highest BCUT2D eigenvalue weighted by molar-refractivity contribution is 5.28. The van der Waals surface area contributed by atoms with Crippen molar-refractivity contribution in [1.82, 2.24) is 0 Å². The Morgan fingerprint density at radius 1 is 0.903 bits per heavy atom. The third-order valence-corrected chi connectivity index (χ3v) is 5.27. The van der Waals surface area contributed by atoms with Crippen LogP contribution in [0, 0.1) is 5.82 Å². The van der Waals surface area contributed by atoms with Gasteiger partial charge < -0.3 is 34.6 Å². The van der Waals surface area contributed by atoms with Gasteiger partial charge in [-0.25, -0.2) is 4.39 Å². The van der Waals surface area contributed by atoms with E-state index in [1.165, 1.54) is 6.07 Å². The van der Waals surface area contributed by atoms with Crippen LogP contribution in [0.25, 0.3) is 0 Å². The van der Waals surface area contributed by atoms with Gasteiger partial charge in [-0.3, -0.25) is 0 Å². The van der Waals surface area contributed by atoms with Crippen LogP contribution in [0.4, 0.5) is 4.39 Å². The Bertz CT molecular complexity index is 799. The van der Waals surface area contributed by atoms with Crippen LogP contribution in [0.2, 0.25) is 0 Å². The molecule has 7 nitrogen and oxygen atoms in total. The maximum absolute atomic E-state index is 13.6. The summed E-state index contributed by atoms with van der Waals surface area (Å²) in [5.41, 5.74) is 1.62. The van der Waals surface area contributed by atoms with Gasteiger partial charge >= 0.3 is 0 Å². The van der Waals surface area contributed by atoms with Gasteiger partial charge in [0, 0.05) is 12.2 Å². The molecular formula is C23H29FO7. The topological polar surface area (TPSA) is 109 Å². The minimum absolute atomic E-state index is 0.168. The Kier molecular flexibility index (Phi) is 8.77. The van der Waals surface area contributed by atoms with Crippen molar-refractivity contribution >= 4 is 0 Å². The summed E-state index contributed by atoms with van der Waals surface area (Å²) in [6.45, 7) is -0.0152.